The van der Waals surface area contributed by atoms with Crippen LogP contribution in [0.4, 0.5) is 0 Å². The molecular formula is C15H26N2OSi. The Balaban J connectivity index is 2.29. The molecule has 0 radical (unpaired) electrons. The molecule has 2 unspecified atom stereocenters. The molecule has 0 fully saturated rings. The predicted octanol–water partition coefficient (Wildman–Crippen LogP) is 2.22. The molecule has 0 bridgehead atoms. The lowest BCUT2D eigenvalue weighted by Gasteiger charge is -2.16. The van der Waals surface area contributed by atoms with Crippen molar-refractivity contribution in [2.75, 3.05) is 20.2 Å². The summed E-state index contributed by atoms with van der Waals surface area (Å²) in [4.78, 5) is 0. The fourth-order valence-electron chi connectivity index (χ4n) is 2.15. The molecule has 19 heavy (non-hydrogen) atoms. The van der Waals surface area contributed by atoms with Gasteiger partial charge in [-0.2, -0.15) is 0 Å². The Morgan fingerprint density at radius 2 is 2.11 bits per heavy atom. The molecule has 3 N–H and O–H groups in total. The van der Waals surface area contributed by atoms with Crippen molar-refractivity contribution in [3.63, 3.8) is 0 Å². The molecule has 0 saturated carbocycles. The van der Waals surface area contributed by atoms with Crippen LogP contribution in [0.25, 0.3) is 0 Å². The Morgan fingerprint density at radius 1 is 1.37 bits per heavy atom. The van der Waals surface area contributed by atoms with Crippen LogP contribution >= 0.6 is 0 Å². The van der Waals surface area contributed by atoms with Crippen LogP contribution < -0.4 is 11.1 Å². The molecule has 0 aliphatic carbocycles. The van der Waals surface area contributed by atoms with E-state index in [-0.39, 0.29) is 6.04 Å². The number of nitrogens with two attached hydrogens (primary N) is 1. The van der Waals surface area contributed by atoms with Gasteiger partial charge in [0, 0.05) is 7.11 Å². The van der Waals surface area contributed by atoms with Gasteiger partial charge < -0.3 is 15.5 Å². The van der Waals surface area contributed by atoms with Gasteiger partial charge in [0.15, 0.2) is 9.04 Å². The highest BCUT2D eigenvalue weighted by Crippen LogP contribution is 2.13. The molecule has 0 spiro atoms. The molecule has 1 rings (SSSR count). The summed E-state index contributed by atoms with van der Waals surface area (Å²) in [5, 5.41) is 3.52. The first kappa shape index (κ1) is 16.1. The molecule has 3 nitrogen and oxygen atoms in total. The number of rotatable bonds is 10. The van der Waals surface area contributed by atoms with E-state index >= 15 is 0 Å². The fraction of sp³-hybridized carbons (Fsp3) is 0.467. The standard InChI is InChI=1S/C15H26N2OSi/c1-3-15(14-8-5-4-6-9-14)17-11-7-12-19(18-2)13-10-16/h3-6,8-9,15,17,19H,1,7,10-13,16H2,2H3. The van der Waals surface area contributed by atoms with E-state index in [9.17, 15) is 0 Å². The maximum absolute atomic E-state index is 5.58. The number of nitrogens with one attached hydrogen (secondary N) is 1. The van der Waals surface area contributed by atoms with Gasteiger partial charge in [0.1, 0.15) is 0 Å². The zero-order chi connectivity index (χ0) is 13.9. The predicted molar refractivity (Wildman–Crippen MR) is 84.8 cm³/mol. The first-order valence-corrected chi connectivity index (χ1v) is 9.06. The van der Waals surface area contributed by atoms with Gasteiger partial charge in [-0.1, -0.05) is 36.4 Å². The summed E-state index contributed by atoms with van der Waals surface area (Å²) in [6.07, 6.45) is 3.10. The summed E-state index contributed by atoms with van der Waals surface area (Å²) in [5.41, 5.74) is 6.84. The van der Waals surface area contributed by atoms with Crippen LogP contribution in [0, 0.1) is 0 Å². The molecular weight excluding hydrogens is 252 g/mol. The quantitative estimate of drug-likeness (QED) is 0.392. The summed E-state index contributed by atoms with van der Waals surface area (Å²) in [5.74, 6) is 0. The number of hydrogen-bond acceptors (Lipinski definition) is 3. The monoisotopic (exact) mass is 278 g/mol. The zero-order valence-corrected chi connectivity index (χ0v) is 13.0. The summed E-state index contributed by atoms with van der Waals surface area (Å²) in [7, 11) is 0.767. The van der Waals surface area contributed by atoms with E-state index in [1.54, 1.807) is 0 Å². The van der Waals surface area contributed by atoms with Gasteiger partial charge in [-0.3, -0.25) is 0 Å². The minimum absolute atomic E-state index is 0.235. The van der Waals surface area contributed by atoms with Gasteiger partial charge in [-0.05, 0) is 37.2 Å². The van der Waals surface area contributed by atoms with E-state index in [4.69, 9.17) is 10.2 Å². The van der Waals surface area contributed by atoms with E-state index in [0.717, 1.165) is 25.6 Å². The van der Waals surface area contributed by atoms with Crippen molar-refractivity contribution in [2.24, 2.45) is 5.73 Å². The summed E-state index contributed by atoms with van der Waals surface area (Å²) >= 11 is 0. The molecule has 0 aliphatic heterocycles. The molecule has 0 aliphatic rings. The van der Waals surface area contributed by atoms with Crippen LogP contribution in [-0.2, 0) is 4.43 Å². The first-order chi connectivity index (χ1) is 9.31. The van der Waals surface area contributed by atoms with Gasteiger partial charge in [0.05, 0.1) is 6.04 Å². The first-order valence-electron chi connectivity index (χ1n) is 6.95. The molecule has 0 amide bonds. The van der Waals surface area contributed by atoms with Crippen molar-refractivity contribution < 1.29 is 4.43 Å². The van der Waals surface area contributed by atoms with Gasteiger partial charge in [0.25, 0.3) is 0 Å². The van der Waals surface area contributed by atoms with Gasteiger partial charge >= 0.3 is 0 Å². The lowest BCUT2D eigenvalue weighted by molar-refractivity contribution is 0.415. The van der Waals surface area contributed by atoms with Crippen LogP contribution in [0.2, 0.25) is 12.1 Å². The molecule has 0 heterocycles. The van der Waals surface area contributed by atoms with Crippen LogP contribution in [0.1, 0.15) is 18.0 Å². The van der Waals surface area contributed by atoms with Crippen molar-refractivity contribution in [1.82, 2.24) is 5.32 Å². The SMILES string of the molecule is C=CC(NCCC[SiH](CCN)OC)c1ccccc1. The smallest absolute Gasteiger partial charge is 0.177 e. The van der Waals surface area contributed by atoms with Gasteiger partial charge in [-0.25, -0.2) is 0 Å². The number of benzene rings is 1. The van der Waals surface area contributed by atoms with Crippen molar-refractivity contribution >= 4 is 9.04 Å². The third-order valence-electron chi connectivity index (χ3n) is 3.28. The highest BCUT2D eigenvalue weighted by Gasteiger charge is 2.10. The molecule has 4 heteroatoms. The Bertz CT molecular complexity index is 345. The van der Waals surface area contributed by atoms with Gasteiger partial charge in [-0.15, -0.1) is 6.58 Å². The summed E-state index contributed by atoms with van der Waals surface area (Å²) in [6, 6.07) is 12.9. The Kier molecular flexibility index (Phi) is 8.41. The molecule has 1 aromatic rings. The molecule has 2 atom stereocenters. The third-order valence-corrected chi connectivity index (χ3v) is 5.98. The van der Waals surface area contributed by atoms with E-state index in [1.165, 1.54) is 11.6 Å². The third kappa shape index (κ3) is 6.16. The van der Waals surface area contributed by atoms with Crippen molar-refractivity contribution in [3.8, 4) is 0 Å². The lowest BCUT2D eigenvalue weighted by Crippen LogP contribution is -2.24. The van der Waals surface area contributed by atoms with Crippen molar-refractivity contribution in [1.29, 1.82) is 0 Å². The van der Waals surface area contributed by atoms with E-state index < -0.39 is 9.04 Å². The van der Waals surface area contributed by atoms with Crippen LogP contribution in [0.3, 0.4) is 0 Å². The maximum Gasteiger partial charge on any atom is 0.177 e. The minimum atomic E-state index is -1.05. The zero-order valence-electron chi connectivity index (χ0n) is 11.8. The Labute approximate surface area is 118 Å². The van der Waals surface area contributed by atoms with Crippen LogP contribution in [-0.4, -0.2) is 29.2 Å². The molecule has 0 saturated heterocycles. The molecule has 0 aromatic heterocycles. The van der Waals surface area contributed by atoms with E-state index in [0.29, 0.717) is 0 Å². The van der Waals surface area contributed by atoms with Gasteiger partial charge in [0.2, 0.25) is 0 Å². The average molecular weight is 278 g/mol. The minimum Gasteiger partial charge on any atom is -0.423 e. The lowest BCUT2D eigenvalue weighted by atomic mass is 10.1. The Morgan fingerprint density at radius 3 is 2.68 bits per heavy atom. The van der Waals surface area contributed by atoms with E-state index in [2.05, 4.69) is 36.2 Å². The normalized spacial score (nSPS) is 14.0. The van der Waals surface area contributed by atoms with Crippen LogP contribution in [0.15, 0.2) is 43.0 Å². The summed E-state index contributed by atoms with van der Waals surface area (Å²) < 4.78 is 5.52. The second-order valence-corrected chi connectivity index (χ2v) is 7.53. The largest absolute Gasteiger partial charge is 0.423 e. The highest BCUT2D eigenvalue weighted by atomic mass is 28.3. The second kappa shape index (κ2) is 9.92. The molecule has 1 aromatic carbocycles. The number of hydrogen-bond donors (Lipinski definition) is 2. The van der Waals surface area contributed by atoms with Crippen molar-refractivity contribution in [3.05, 3.63) is 48.6 Å². The summed E-state index contributed by atoms with van der Waals surface area (Å²) in [6.45, 7) is 5.64. The fourth-order valence-corrected chi connectivity index (χ4v) is 3.94. The average Bonchev–Trinajstić information content (AvgIpc) is 2.47. The maximum atomic E-state index is 5.58. The van der Waals surface area contributed by atoms with E-state index in [1.807, 2.05) is 19.3 Å². The topological polar surface area (TPSA) is 47.3 Å². The molecule has 106 valence electrons. The Hall–Kier alpha value is -0.943. The second-order valence-electron chi connectivity index (χ2n) is 4.66. The van der Waals surface area contributed by atoms with Crippen LogP contribution in [0.5, 0.6) is 0 Å². The van der Waals surface area contributed by atoms with Crippen molar-refractivity contribution in [2.45, 2.75) is 24.6 Å². The highest BCUT2D eigenvalue weighted by molar-refractivity contribution is 6.51.